The standard InChI is InChI=1S/C15H14ClNO2/c1-18-17-14-9-19-15-12(14)7-11(8-13(15)16)10-5-3-2-4-6-10/h2-8,14,17H,9H2,1H3. The highest BCUT2D eigenvalue weighted by atomic mass is 35.5. The van der Waals surface area contributed by atoms with Crippen LogP contribution in [0.25, 0.3) is 11.1 Å². The van der Waals surface area contributed by atoms with Gasteiger partial charge in [-0.2, -0.15) is 5.48 Å². The molecular weight excluding hydrogens is 262 g/mol. The van der Waals surface area contributed by atoms with Crippen LogP contribution in [0.4, 0.5) is 0 Å². The monoisotopic (exact) mass is 275 g/mol. The van der Waals surface area contributed by atoms with E-state index in [0.717, 1.165) is 22.4 Å². The lowest BCUT2D eigenvalue weighted by molar-refractivity contribution is 0.0536. The zero-order valence-corrected chi connectivity index (χ0v) is 11.3. The number of fused-ring (bicyclic) bond motifs is 1. The number of hydroxylamine groups is 1. The molecule has 0 fully saturated rings. The summed E-state index contributed by atoms with van der Waals surface area (Å²) in [5, 5.41) is 0.636. The number of nitrogens with one attached hydrogen (secondary N) is 1. The van der Waals surface area contributed by atoms with Crippen molar-refractivity contribution < 1.29 is 9.57 Å². The quantitative estimate of drug-likeness (QED) is 0.869. The van der Waals surface area contributed by atoms with E-state index in [1.807, 2.05) is 24.3 Å². The number of benzene rings is 2. The molecular formula is C15H14ClNO2. The maximum atomic E-state index is 6.30. The van der Waals surface area contributed by atoms with Crippen molar-refractivity contribution in [3.8, 4) is 16.9 Å². The number of ether oxygens (including phenoxy) is 1. The van der Waals surface area contributed by atoms with Crippen LogP contribution >= 0.6 is 11.6 Å². The van der Waals surface area contributed by atoms with Crippen molar-refractivity contribution >= 4 is 11.6 Å². The van der Waals surface area contributed by atoms with Crippen LogP contribution in [-0.2, 0) is 4.84 Å². The molecule has 0 saturated heterocycles. The fourth-order valence-corrected chi connectivity index (χ4v) is 2.60. The summed E-state index contributed by atoms with van der Waals surface area (Å²) in [5.74, 6) is 0.746. The lowest BCUT2D eigenvalue weighted by atomic mass is 10.0. The average Bonchev–Trinajstić information content (AvgIpc) is 2.84. The summed E-state index contributed by atoms with van der Waals surface area (Å²) in [6, 6.07) is 14.2. The summed E-state index contributed by atoms with van der Waals surface area (Å²) in [4.78, 5) is 4.99. The Kier molecular flexibility index (Phi) is 3.42. The van der Waals surface area contributed by atoms with Gasteiger partial charge < -0.3 is 9.57 Å². The van der Waals surface area contributed by atoms with Crippen LogP contribution < -0.4 is 10.2 Å². The third-order valence-electron chi connectivity index (χ3n) is 3.21. The number of hydrogen-bond donors (Lipinski definition) is 1. The van der Waals surface area contributed by atoms with Gasteiger partial charge >= 0.3 is 0 Å². The van der Waals surface area contributed by atoms with Crippen LogP contribution in [0.5, 0.6) is 5.75 Å². The molecule has 0 spiro atoms. The normalized spacial score (nSPS) is 17.1. The molecule has 1 heterocycles. The van der Waals surface area contributed by atoms with Crippen molar-refractivity contribution in [3.05, 3.63) is 53.1 Å². The van der Waals surface area contributed by atoms with Crippen molar-refractivity contribution in [1.82, 2.24) is 5.48 Å². The van der Waals surface area contributed by atoms with Crippen molar-refractivity contribution in [2.24, 2.45) is 0 Å². The van der Waals surface area contributed by atoms with Gasteiger partial charge in [-0.25, -0.2) is 0 Å². The summed E-state index contributed by atoms with van der Waals surface area (Å²) < 4.78 is 5.61. The van der Waals surface area contributed by atoms with Gasteiger partial charge in [0.1, 0.15) is 12.4 Å². The molecule has 4 heteroatoms. The fraction of sp³-hybridized carbons (Fsp3) is 0.200. The van der Waals surface area contributed by atoms with E-state index in [-0.39, 0.29) is 6.04 Å². The van der Waals surface area contributed by atoms with Gasteiger partial charge in [0.2, 0.25) is 0 Å². The SMILES string of the molecule is CONC1COc2c(Cl)cc(-c3ccccc3)cc21. The molecule has 0 amide bonds. The van der Waals surface area contributed by atoms with Gasteiger partial charge in [-0.15, -0.1) is 0 Å². The summed E-state index contributed by atoms with van der Waals surface area (Å²) in [6.07, 6.45) is 0. The molecule has 0 bridgehead atoms. The van der Waals surface area contributed by atoms with E-state index in [9.17, 15) is 0 Å². The second-order valence-electron chi connectivity index (χ2n) is 4.43. The first-order valence-electron chi connectivity index (χ1n) is 6.10. The Morgan fingerprint density at radius 3 is 2.74 bits per heavy atom. The van der Waals surface area contributed by atoms with E-state index in [0.29, 0.717) is 11.6 Å². The van der Waals surface area contributed by atoms with Gasteiger partial charge in [0, 0.05) is 5.56 Å². The molecule has 2 aromatic rings. The molecule has 0 aliphatic carbocycles. The van der Waals surface area contributed by atoms with Gasteiger partial charge in [0.05, 0.1) is 18.2 Å². The van der Waals surface area contributed by atoms with Gasteiger partial charge in [0.25, 0.3) is 0 Å². The van der Waals surface area contributed by atoms with E-state index >= 15 is 0 Å². The highest BCUT2D eigenvalue weighted by Crippen LogP contribution is 2.41. The summed E-state index contributed by atoms with van der Waals surface area (Å²) in [6.45, 7) is 0.529. The maximum absolute atomic E-state index is 6.30. The molecule has 1 aliphatic heterocycles. The Bertz CT molecular complexity index is 586. The van der Waals surface area contributed by atoms with E-state index in [4.69, 9.17) is 21.2 Å². The molecule has 3 nitrogen and oxygen atoms in total. The molecule has 19 heavy (non-hydrogen) atoms. The molecule has 2 aromatic carbocycles. The lowest BCUT2D eigenvalue weighted by Gasteiger charge is -2.11. The second kappa shape index (κ2) is 5.21. The van der Waals surface area contributed by atoms with E-state index in [1.165, 1.54) is 0 Å². The Morgan fingerprint density at radius 2 is 2.00 bits per heavy atom. The first kappa shape index (κ1) is 12.5. The highest BCUT2D eigenvalue weighted by molar-refractivity contribution is 6.32. The second-order valence-corrected chi connectivity index (χ2v) is 4.84. The number of hydrogen-bond acceptors (Lipinski definition) is 3. The van der Waals surface area contributed by atoms with Crippen molar-refractivity contribution in [1.29, 1.82) is 0 Å². The number of halogens is 1. The van der Waals surface area contributed by atoms with Gasteiger partial charge in [0.15, 0.2) is 0 Å². The van der Waals surface area contributed by atoms with Crippen LogP contribution in [0.2, 0.25) is 5.02 Å². The van der Waals surface area contributed by atoms with Crippen LogP contribution in [0.1, 0.15) is 11.6 Å². The van der Waals surface area contributed by atoms with Gasteiger partial charge in [-0.1, -0.05) is 41.9 Å². The topological polar surface area (TPSA) is 30.5 Å². The molecule has 1 atom stereocenters. The van der Waals surface area contributed by atoms with Gasteiger partial charge in [-0.3, -0.25) is 0 Å². The first-order valence-corrected chi connectivity index (χ1v) is 6.47. The molecule has 1 unspecified atom stereocenters. The minimum atomic E-state index is 0.0150. The first-order chi connectivity index (χ1) is 9.29. The molecule has 0 aromatic heterocycles. The fourth-order valence-electron chi connectivity index (χ4n) is 2.32. The number of rotatable bonds is 3. The molecule has 1 N–H and O–H groups in total. The van der Waals surface area contributed by atoms with E-state index in [2.05, 4.69) is 23.7 Å². The zero-order valence-electron chi connectivity index (χ0n) is 10.5. The van der Waals surface area contributed by atoms with Gasteiger partial charge in [-0.05, 0) is 23.3 Å². The third kappa shape index (κ3) is 2.32. The Hall–Kier alpha value is -1.55. The lowest BCUT2D eigenvalue weighted by Crippen LogP contribution is -2.20. The molecule has 98 valence electrons. The highest BCUT2D eigenvalue weighted by Gasteiger charge is 2.27. The minimum absolute atomic E-state index is 0.0150. The predicted octanol–water partition coefficient (Wildman–Crippen LogP) is 3.59. The Morgan fingerprint density at radius 1 is 1.21 bits per heavy atom. The van der Waals surface area contributed by atoms with Crippen LogP contribution in [-0.4, -0.2) is 13.7 Å². The Labute approximate surface area is 117 Å². The zero-order chi connectivity index (χ0) is 13.2. The average molecular weight is 276 g/mol. The van der Waals surface area contributed by atoms with Crippen molar-refractivity contribution in [3.63, 3.8) is 0 Å². The summed E-state index contributed by atoms with van der Waals surface area (Å²) in [7, 11) is 1.60. The smallest absolute Gasteiger partial charge is 0.143 e. The minimum Gasteiger partial charge on any atom is -0.490 e. The summed E-state index contributed by atoms with van der Waals surface area (Å²) in [5.41, 5.74) is 6.17. The molecule has 1 aliphatic rings. The van der Waals surface area contributed by atoms with Crippen LogP contribution in [0.15, 0.2) is 42.5 Å². The summed E-state index contributed by atoms with van der Waals surface area (Å²) >= 11 is 6.30. The Balaban J connectivity index is 2.06. The predicted molar refractivity (Wildman–Crippen MR) is 75.3 cm³/mol. The maximum Gasteiger partial charge on any atom is 0.143 e. The third-order valence-corrected chi connectivity index (χ3v) is 3.49. The van der Waals surface area contributed by atoms with Crippen molar-refractivity contribution in [2.45, 2.75) is 6.04 Å². The van der Waals surface area contributed by atoms with E-state index in [1.54, 1.807) is 7.11 Å². The molecule has 3 rings (SSSR count). The molecule has 0 radical (unpaired) electrons. The van der Waals surface area contributed by atoms with Crippen molar-refractivity contribution in [2.75, 3.05) is 13.7 Å². The van der Waals surface area contributed by atoms with Crippen LogP contribution in [0.3, 0.4) is 0 Å². The molecule has 0 saturated carbocycles. The largest absolute Gasteiger partial charge is 0.490 e. The van der Waals surface area contributed by atoms with E-state index < -0.39 is 0 Å². The van der Waals surface area contributed by atoms with Crippen LogP contribution in [0, 0.1) is 0 Å².